The summed E-state index contributed by atoms with van der Waals surface area (Å²) in [4.78, 5) is 14.3. The summed E-state index contributed by atoms with van der Waals surface area (Å²) in [6, 6.07) is 0.170. The van der Waals surface area contributed by atoms with Crippen molar-refractivity contribution in [2.45, 2.75) is 19.9 Å². The van der Waals surface area contributed by atoms with Crippen LogP contribution in [0.1, 0.15) is 12.7 Å². The van der Waals surface area contributed by atoms with Gasteiger partial charge in [0, 0.05) is 25.8 Å². The van der Waals surface area contributed by atoms with E-state index in [2.05, 4.69) is 10.3 Å². The maximum absolute atomic E-state index is 10.8. The summed E-state index contributed by atoms with van der Waals surface area (Å²) in [7, 11) is 1.77. The number of nitrogens with one attached hydrogen (secondary N) is 1. The maximum Gasteiger partial charge on any atom is 0.406 e. The highest BCUT2D eigenvalue weighted by molar-refractivity contribution is 7.98. The first kappa shape index (κ1) is 12.8. The van der Waals surface area contributed by atoms with E-state index >= 15 is 0 Å². The van der Waals surface area contributed by atoms with Gasteiger partial charge in [-0.25, -0.2) is 0 Å². The van der Waals surface area contributed by atoms with Crippen molar-refractivity contribution in [3.05, 3.63) is 15.9 Å². The predicted molar refractivity (Wildman–Crippen MR) is 66.1 cm³/mol. The van der Waals surface area contributed by atoms with Crippen LogP contribution in [0.25, 0.3) is 0 Å². The molecular weight excluding hydrogens is 228 g/mol. The first-order valence-electron chi connectivity index (χ1n) is 4.90. The first-order valence-corrected chi connectivity index (χ1v) is 6.30. The van der Waals surface area contributed by atoms with Gasteiger partial charge in [0.1, 0.15) is 0 Å². The normalized spacial score (nSPS) is 12.5. The fraction of sp³-hybridized carbons (Fsp3) is 0.667. The van der Waals surface area contributed by atoms with E-state index in [0.29, 0.717) is 11.6 Å². The number of imidazole rings is 1. The molecule has 0 saturated heterocycles. The van der Waals surface area contributed by atoms with Crippen LogP contribution in [0.15, 0.2) is 0 Å². The van der Waals surface area contributed by atoms with Gasteiger partial charge in [-0.1, -0.05) is 0 Å². The van der Waals surface area contributed by atoms with Gasteiger partial charge in [-0.2, -0.15) is 11.8 Å². The van der Waals surface area contributed by atoms with Crippen LogP contribution in [-0.4, -0.2) is 32.5 Å². The number of hydrogen-bond acceptors (Lipinski definition) is 5. The molecule has 1 unspecified atom stereocenters. The minimum atomic E-state index is -0.457. The Labute approximate surface area is 98.6 Å². The largest absolute Gasteiger partial charge is 0.406 e. The molecule has 1 aromatic rings. The summed E-state index contributed by atoms with van der Waals surface area (Å²) in [5.41, 5.74) is 0. The topological polar surface area (TPSA) is 73.0 Å². The van der Waals surface area contributed by atoms with E-state index in [4.69, 9.17) is 0 Å². The quantitative estimate of drug-likeness (QED) is 0.631. The number of thioether (sulfide) groups is 1. The van der Waals surface area contributed by atoms with Gasteiger partial charge in [0.25, 0.3) is 0 Å². The summed E-state index contributed by atoms with van der Waals surface area (Å²) in [5.74, 6) is 1.89. The second kappa shape index (κ2) is 5.20. The third kappa shape index (κ3) is 2.66. The van der Waals surface area contributed by atoms with E-state index in [-0.39, 0.29) is 11.9 Å². The Kier molecular flexibility index (Phi) is 4.17. The molecular formula is C9H16N4O2S. The third-order valence-electron chi connectivity index (χ3n) is 2.27. The molecule has 16 heavy (non-hydrogen) atoms. The molecule has 0 spiro atoms. The summed E-state index contributed by atoms with van der Waals surface area (Å²) in [6.07, 6.45) is 2.00. The van der Waals surface area contributed by atoms with Gasteiger partial charge in [0.15, 0.2) is 0 Å². The molecule has 6 nitrogen and oxygen atoms in total. The Bertz CT molecular complexity index is 391. The number of anilines is 1. The molecule has 1 aromatic heterocycles. The van der Waals surface area contributed by atoms with Crippen molar-refractivity contribution in [3.63, 3.8) is 0 Å². The minimum Gasteiger partial charge on any atom is -0.361 e. The van der Waals surface area contributed by atoms with Gasteiger partial charge < -0.3 is 15.4 Å². The molecule has 0 radical (unpaired) electrons. The SMILES string of the molecule is CSCC(C)Nc1c([N+](=O)[O-])nc(C)n1C. The fourth-order valence-electron chi connectivity index (χ4n) is 1.41. The Morgan fingerprint density at radius 1 is 1.69 bits per heavy atom. The molecule has 0 aliphatic rings. The van der Waals surface area contributed by atoms with E-state index in [1.165, 1.54) is 0 Å². The number of aryl methyl sites for hydroxylation is 1. The molecule has 0 fully saturated rings. The van der Waals surface area contributed by atoms with Crippen LogP contribution >= 0.6 is 11.8 Å². The highest BCUT2D eigenvalue weighted by Gasteiger charge is 2.24. The second-order valence-electron chi connectivity index (χ2n) is 3.65. The van der Waals surface area contributed by atoms with E-state index in [9.17, 15) is 10.1 Å². The minimum absolute atomic E-state index is 0.104. The van der Waals surface area contributed by atoms with Crippen molar-refractivity contribution in [3.8, 4) is 0 Å². The molecule has 0 saturated carbocycles. The zero-order valence-corrected chi connectivity index (χ0v) is 10.7. The van der Waals surface area contributed by atoms with Crippen molar-refractivity contribution < 1.29 is 4.92 Å². The molecule has 0 aromatic carbocycles. The zero-order valence-electron chi connectivity index (χ0n) is 9.85. The first-order chi connectivity index (χ1) is 7.47. The van der Waals surface area contributed by atoms with Crippen molar-refractivity contribution in [1.82, 2.24) is 9.55 Å². The fourth-order valence-corrected chi connectivity index (χ4v) is 1.99. The lowest BCUT2D eigenvalue weighted by molar-refractivity contribution is -0.388. The van der Waals surface area contributed by atoms with Crippen molar-refractivity contribution in [2.24, 2.45) is 7.05 Å². The molecule has 0 aliphatic carbocycles. The van der Waals surface area contributed by atoms with Crippen LogP contribution in [0.3, 0.4) is 0 Å². The molecule has 0 bridgehead atoms. The van der Waals surface area contributed by atoms with Crippen molar-refractivity contribution in [1.29, 1.82) is 0 Å². The molecule has 0 aliphatic heterocycles. The number of nitro groups is 1. The summed E-state index contributed by atoms with van der Waals surface area (Å²) >= 11 is 1.69. The molecule has 90 valence electrons. The smallest absolute Gasteiger partial charge is 0.361 e. The third-order valence-corrected chi connectivity index (χ3v) is 3.11. The Morgan fingerprint density at radius 2 is 2.31 bits per heavy atom. The lowest BCUT2D eigenvalue weighted by atomic mass is 10.4. The van der Waals surface area contributed by atoms with Crippen LogP contribution in [0.5, 0.6) is 0 Å². The van der Waals surface area contributed by atoms with Gasteiger partial charge in [-0.15, -0.1) is 0 Å². The predicted octanol–water partition coefficient (Wildman–Crippen LogP) is 1.80. The van der Waals surface area contributed by atoms with Gasteiger partial charge in [-0.05, 0) is 23.1 Å². The number of rotatable bonds is 5. The number of nitrogens with zero attached hydrogens (tertiary/aromatic N) is 3. The van der Waals surface area contributed by atoms with Crippen molar-refractivity contribution in [2.75, 3.05) is 17.3 Å². The number of hydrogen-bond donors (Lipinski definition) is 1. The molecule has 1 atom stereocenters. The van der Waals surface area contributed by atoms with Crippen LogP contribution in [-0.2, 0) is 7.05 Å². The van der Waals surface area contributed by atoms with E-state index in [1.54, 1.807) is 30.3 Å². The second-order valence-corrected chi connectivity index (χ2v) is 4.56. The van der Waals surface area contributed by atoms with Crippen LogP contribution in [0.4, 0.5) is 11.6 Å². The van der Waals surface area contributed by atoms with Gasteiger partial charge in [0.05, 0.1) is 0 Å². The molecule has 0 amide bonds. The summed E-state index contributed by atoms with van der Waals surface area (Å²) in [6.45, 7) is 3.74. The standard InChI is InChI=1S/C9H16N4O2S/c1-6(5-16-4)10-8-9(13(14)15)11-7(2)12(8)3/h6,10H,5H2,1-4H3. The van der Waals surface area contributed by atoms with E-state index < -0.39 is 4.92 Å². The zero-order chi connectivity index (χ0) is 12.3. The summed E-state index contributed by atoms with van der Waals surface area (Å²) in [5, 5.41) is 13.9. The van der Waals surface area contributed by atoms with E-state index in [1.807, 2.05) is 13.2 Å². The van der Waals surface area contributed by atoms with Crippen LogP contribution in [0, 0.1) is 17.0 Å². The molecule has 1 N–H and O–H groups in total. The van der Waals surface area contributed by atoms with Gasteiger partial charge >= 0.3 is 5.82 Å². The highest BCUT2D eigenvalue weighted by atomic mass is 32.2. The lowest BCUT2D eigenvalue weighted by Gasteiger charge is -2.13. The summed E-state index contributed by atoms with van der Waals surface area (Å²) < 4.78 is 1.70. The van der Waals surface area contributed by atoms with Gasteiger partial charge in [0.2, 0.25) is 11.6 Å². The number of aromatic nitrogens is 2. The molecule has 1 heterocycles. The monoisotopic (exact) mass is 244 g/mol. The molecule has 1 rings (SSSR count). The average molecular weight is 244 g/mol. The average Bonchev–Trinajstić information content (AvgIpc) is 2.46. The molecule has 7 heteroatoms. The van der Waals surface area contributed by atoms with Gasteiger partial charge in [-0.3, -0.25) is 4.57 Å². The lowest BCUT2D eigenvalue weighted by Crippen LogP contribution is -2.20. The van der Waals surface area contributed by atoms with E-state index in [0.717, 1.165) is 5.75 Å². The Balaban J connectivity index is 2.97. The Morgan fingerprint density at radius 3 is 2.81 bits per heavy atom. The highest BCUT2D eigenvalue weighted by Crippen LogP contribution is 2.24. The van der Waals surface area contributed by atoms with Crippen LogP contribution in [0.2, 0.25) is 0 Å². The Hall–Kier alpha value is -1.24. The van der Waals surface area contributed by atoms with Crippen molar-refractivity contribution >= 4 is 23.4 Å². The maximum atomic E-state index is 10.8. The van der Waals surface area contributed by atoms with Crippen LogP contribution < -0.4 is 5.32 Å².